The average Bonchev–Trinajstić information content (AvgIpc) is 2.87. The summed E-state index contributed by atoms with van der Waals surface area (Å²) in [4.78, 5) is 28.9. The van der Waals surface area contributed by atoms with Gasteiger partial charge in [-0.15, -0.1) is 0 Å². The van der Waals surface area contributed by atoms with Crippen molar-refractivity contribution in [2.75, 3.05) is 45.9 Å². The lowest BCUT2D eigenvalue weighted by atomic mass is 9.88. The summed E-state index contributed by atoms with van der Waals surface area (Å²) < 4.78 is 11.2. The summed E-state index contributed by atoms with van der Waals surface area (Å²) in [5.74, 6) is 0.749. The van der Waals surface area contributed by atoms with E-state index in [2.05, 4.69) is 18.7 Å². The predicted molar refractivity (Wildman–Crippen MR) is 142 cm³/mol. The molecule has 0 unspecified atom stereocenters. The minimum Gasteiger partial charge on any atom is -0.494 e. The molecule has 6 heteroatoms. The molecule has 0 spiro atoms. The van der Waals surface area contributed by atoms with Crippen molar-refractivity contribution in [1.82, 2.24) is 9.80 Å². The first-order chi connectivity index (χ1) is 16.9. The number of piperazine rings is 1. The maximum atomic E-state index is 12.6. The fraction of sp³-hybridized carbons (Fsp3) is 0.655. The fourth-order valence-corrected chi connectivity index (χ4v) is 3.99. The lowest BCUT2D eigenvalue weighted by Gasteiger charge is -2.38. The van der Waals surface area contributed by atoms with Crippen LogP contribution in [-0.4, -0.2) is 67.6 Å². The van der Waals surface area contributed by atoms with E-state index in [1.54, 1.807) is 6.08 Å². The van der Waals surface area contributed by atoms with Gasteiger partial charge >= 0.3 is 5.97 Å². The van der Waals surface area contributed by atoms with E-state index in [-0.39, 0.29) is 17.3 Å². The van der Waals surface area contributed by atoms with Crippen LogP contribution in [0.4, 0.5) is 0 Å². The van der Waals surface area contributed by atoms with Crippen molar-refractivity contribution in [2.24, 2.45) is 5.41 Å². The number of esters is 1. The molecule has 1 saturated heterocycles. The first-order valence-corrected chi connectivity index (χ1v) is 13.4. The molecule has 0 atom stereocenters. The maximum absolute atomic E-state index is 12.6. The monoisotopic (exact) mass is 486 g/mol. The van der Waals surface area contributed by atoms with Crippen molar-refractivity contribution in [1.29, 1.82) is 0 Å². The summed E-state index contributed by atoms with van der Waals surface area (Å²) in [7, 11) is 0. The largest absolute Gasteiger partial charge is 0.494 e. The Bertz CT molecular complexity index is 780. The Labute approximate surface area is 212 Å². The molecule has 35 heavy (non-hydrogen) atoms. The molecular formula is C29H46N2O4. The molecule has 196 valence electrons. The van der Waals surface area contributed by atoms with Crippen LogP contribution in [0.15, 0.2) is 30.3 Å². The predicted octanol–water partition coefficient (Wildman–Crippen LogP) is 5.56. The minimum atomic E-state index is -0.341. The maximum Gasteiger partial charge on any atom is 0.330 e. The first-order valence-electron chi connectivity index (χ1n) is 13.4. The van der Waals surface area contributed by atoms with E-state index in [1.165, 1.54) is 38.2 Å². The summed E-state index contributed by atoms with van der Waals surface area (Å²) in [5.41, 5.74) is 0.634. The summed E-state index contributed by atoms with van der Waals surface area (Å²) in [6.45, 7) is 13.2. The number of hydrogen-bond acceptors (Lipinski definition) is 5. The summed E-state index contributed by atoms with van der Waals surface area (Å²) >= 11 is 0. The van der Waals surface area contributed by atoms with Gasteiger partial charge in [-0.3, -0.25) is 9.69 Å². The smallest absolute Gasteiger partial charge is 0.330 e. The van der Waals surface area contributed by atoms with Crippen LogP contribution in [-0.2, 0) is 14.3 Å². The number of ether oxygens (including phenoxy) is 2. The number of rotatable bonds is 15. The van der Waals surface area contributed by atoms with Crippen molar-refractivity contribution >= 4 is 18.0 Å². The van der Waals surface area contributed by atoms with Crippen LogP contribution in [0.5, 0.6) is 5.75 Å². The highest BCUT2D eigenvalue weighted by molar-refractivity contribution is 5.87. The van der Waals surface area contributed by atoms with Gasteiger partial charge in [0.1, 0.15) is 12.4 Å². The number of unbranched alkanes of at least 4 members (excludes halogenated alkanes) is 5. The molecule has 2 rings (SSSR count). The Morgan fingerprint density at radius 2 is 1.57 bits per heavy atom. The van der Waals surface area contributed by atoms with Gasteiger partial charge in [-0.25, -0.2) is 4.79 Å². The molecular weight excluding hydrogens is 440 g/mol. The van der Waals surface area contributed by atoms with Crippen molar-refractivity contribution < 1.29 is 19.1 Å². The molecule has 0 bridgehead atoms. The highest BCUT2D eigenvalue weighted by Gasteiger charge is 2.31. The minimum absolute atomic E-state index is 0.230. The van der Waals surface area contributed by atoms with Gasteiger partial charge in [0.05, 0.1) is 6.61 Å². The number of carbonyl (C=O) groups excluding carboxylic acids is 2. The van der Waals surface area contributed by atoms with E-state index in [9.17, 15) is 9.59 Å². The van der Waals surface area contributed by atoms with Crippen LogP contribution in [0, 0.1) is 5.41 Å². The van der Waals surface area contributed by atoms with Gasteiger partial charge in [0, 0.05) is 44.2 Å². The van der Waals surface area contributed by atoms with E-state index in [0.29, 0.717) is 13.2 Å². The van der Waals surface area contributed by atoms with Crippen molar-refractivity contribution in [2.45, 2.75) is 72.6 Å². The Morgan fingerprint density at radius 1 is 0.914 bits per heavy atom. The van der Waals surface area contributed by atoms with Crippen LogP contribution in [0.3, 0.4) is 0 Å². The molecule has 1 aromatic rings. The molecule has 0 aliphatic carbocycles. The van der Waals surface area contributed by atoms with Crippen LogP contribution in [0.25, 0.3) is 6.08 Å². The van der Waals surface area contributed by atoms with Crippen LogP contribution in [0.2, 0.25) is 0 Å². The number of amides is 1. The molecule has 1 aliphatic rings. The normalized spacial score (nSPS) is 14.9. The van der Waals surface area contributed by atoms with E-state index in [4.69, 9.17) is 9.47 Å². The van der Waals surface area contributed by atoms with Crippen molar-refractivity contribution in [3.05, 3.63) is 35.9 Å². The molecule has 0 aromatic heterocycles. The zero-order chi connectivity index (χ0) is 25.5. The molecule has 1 aromatic carbocycles. The Hall–Kier alpha value is -2.34. The second kappa shape index (κ2) is 15.6. The number of nitrogens with zero attached hydrogens (tertiary/aromatic N) is 2. The zero-order valence-corrected chi connectivity index (χ0v) is 22.4. The van der Waals surface area contributed by atoms with Crippen LogP contribution < -0.4 is 4.74 Å². The van der Waals surface area contributed by atoms with Gasteiger partial charge in [0.25, 0.3) is 0 Å². The zero-order valence-electron chi connectivity index (χ0n) is 22.4. The molecule has 1 fully saturated rings. The lowest BCUT2D eigenvalue weighted by molar-refractivity contribution is -0.142. The third-order valence-corrected chi connectivity index (χ3v) is 6.83. The number of hydrogen-bond donors (Lipinski definition) is 0. The Balaban J connectivity index is 1.60. The van der Waals surface area contributed by atoms with Gasteiger partial charge in [-0.1, -0.05) is 71.9 Å². The summed E-state index contributed by atoms with van der Waals surface area (Å²) in [5, 5.41) is 0. The molecule has 6 nitrogen and oxygen atoms in total. The van der Waals surface area contributed by atoms with Gasteiger partial charge in [0.2, 0.25) is 5.91 Å². The molecule has 1 heterocycles. The highest BCUT2D eigenvalue weighted by atomic mass is 16.5. The van der Waals surface area contributed by atoms with E-state index in [0.717, 1.165) is 56.9 Å². The molecule has 0 saturated carbocycles. The number of benzene rings is 1. The first kappa shape index (κ1) is 28.9. The summed E-state index contributed by atoms with van der Waals surface area (Å²) in [6, 6.07) is 7.77. The van der Waals surface area contributed by atoms with Gasteiger partial charge < -0.3 is 14.4 Å². The third-order valence-electron chi connectivity index (χ3n) is 6.83. The fourth-order valence-electron chi connectivity index (χ4n) is 3.99. The van der Waals surface area contributed by atoms with Gasteiger partial charge in [-0.2, -0.15) is 0 Å². The quantitative estimate of drug-likeness (QED) is 0.184. The van der Waals surface area contributed by atoms with Crippen LogP contribution in [0.1, 0.15) is 78.2 Å². The van der Waals surface area contributed by atoms with E-state index < -0.39 is 0 Å². The topological polar surface area (TPSA) is 59.1 Å². The SMILES string of the molecule is CCCCCCCCOc1ccc(/C=C/C(=O)OCCN2CCN(C(=O)C(C)(C)CC)CC2)cc1. The lowest BCUT2D eigenvalue weighted by Crippen LogP contribution is -2.52. The van der Waals surface area contributed by atoms with Crippen molar-refractivity contribution in [3.8, 4) is 5.75 Å². The van der Waals surface area contributed by atoms with Gasteiger partial charge in [0.15, 0.2) is 0 Å². The molecule has 0 radical (unpaired) electrons. The van der Waals surface area contributed by atoms with Gasteiger partial charge in [-0.05, 0) is 36.6 Å². The highest BCUT2D eigenvalue weighted by Crippen LogP contribution is 2.23. The van der Waals surface area contributed by atoms with E-state index in [1.807, 2.05) is 43.0 Å². The van der Waals surface area contributed by atoms with E-state index >= 15 is 0 Å². The standard InChI is InChI=1S/C29H46N2O4/c1-5-7-8-9-10-11-23-34-26-15-12-25(13-16-26)14-17-27(32)35-24-22-30-18-20-31(21-19-30)28(33)29(3,4)6-2/h12-17H,5-11,18-24H2,1-4H3/b17-14+. The second-order valence-electron chi connectivity index (χ2n) is 10.1. The Morgan fingerprint density at radius 3 is 2.23 bits per heavy atom. The van der Waals surface area contributed by atoms with Crippen molar-refractivity contribution in [3.63, 3.8) is 0 Å². The molecule has 1 amide bonds. The van der Waals surface area contributed by atoms with Crippen LogP contribution >= 0.6 is 0 Å². The number of carbonyl (C=O) groups is 2. The second-order valence-corrected chi connectivity index (χ2v) is 10.1. The molecule has 1 aliphatic heterocycles. The Kier molecular flexibility index (Phi) is 12.9. The molecule has 0 N–H and O–H groups in total. The summed E-state index contributed by atoms with van der Waals surface area (Å²) in [6.07, 6.45) is 11.6. The third kappa shape index (κ3) is 10.9. The average molecular weight is 487 g/mol.